The predicted octanol–water partition coefficient (Wildman–Crippen LogP) is 2.10. The number of terminal acetylenes is 1. The van der Waals surface area contributed by atoms with Crippen LogP contribution in [-0.2, 0) is 16.6 Å². The topological polar surface area (TPSA) is 63.4 Å². The molecule has 1 rings (SSSR count). The van der Waals surface area contributed by atoms with Crippen LogP contribution < -0.4 is 5.73 Å². The molecular weight excluding hydrogens is 307 g/mol. The summed E-state index contributed by atoms with van der Waals surface area (Å²) in [5.41, 5.74) is 6.03. The summed E-state index contributed by atoms with van der Waals surface area (Å²) in [5.74, 6) is 2.31. The van der Waals surface area contributed by atoms with Crippen molar-refractivity contribution in [3.05, 3.63) is 27.7 Å². The van der Waals surface area contributed by atoms with Gasteiger partial charge in [0.15, 0.2) is 0 Å². The number of rotatable bonds is 5. The Morgan fingerprint density at radius 3 is 2.47 bits per heavy atom. The smallest absolute Gasteiger partial charge is 0.245 e. The molecule has 19 heavy (non-hydrogen) atoms. The van der Waals surface area contributed by atoms with E-state index in [1.807, 2.05) is 0 Å². The molecule has 0 saturated carbocycles. The molecule has 7 heteroatoms. The summed E-state index contributed by atoms with van der Waals surface area (Å²) in [6, 6.07) is 2.76. The predicted molar refractivity (Wildman–Crippen MR) is 77.6 cm³/mol. The minimum absolute atomic E-state index is 0.0181. The highest BCUT2D eigenvalue weighted by Gasteiger charge is 2.26. The summed E-state index contributed by atoms with van der Waals surface area (Å²) < 4.78 is 26.0. The molecule has 0 bridgehead atoms. The normalized spacial score (nSPS) is 11.6. The Kier molecular flexibility index (Phi) is 5.65. The Balaban J connectivity index is 3.40. The van der Waals surface area contributed by atoms with Gasteiger partial charge in [-0.3, -0.25) is 0 Å². The third kappa shape index (κ3) is 3.41. The molecule has 0 aliphatic heterocycles. The summed E-state index contributed by atoms with van der Waals surface area (Å²) in [5, 5.41) is 0.393. The van der Waals surface area contributed by atoms with E-state index in [0.29, 0.717) is 10.6 Å². The standard InChI is InChI=1S/C12H14Cl2N2O2S/c1-3-5-16(4-2)19(17,18)12-6-9(8-15)10(13)7-11(12)14/h1,6-7H,4-5,8,15H2,2H3. The van der Waals surface area contributed by atoms with Gasteiger partial charge in [0.25, 0.3) is 0 Å². The SMILES string of the molecule is C#CCN(CC)S(=O)(=O)c1cc(CN)c(Cl)cc1Cl. The lowest BCUT2D eigenvalue weighted by Crippen LogP contribution is -2.31. The molecule has 0 amide bonds. The molecule has 1 aromatic carbocycles. The maximum Gasteiger partial charge on any atom is 0.245 e. The molecule has 0 atom stereocenters. The molecule has 0 unspecified atom stereocenters. The van der Waals surface area contributed by atoms with Gasteiger partial charge in [0.1, 0.15) is 4.90 Å². The van der Waals surface area contributed by atoms with Crippen molar-refractivity contribution in [3.8, 4) is 12.3 Å². The van der Waals surface area contributed by atoms with E-state index in [4.69, 9.17) is 35.4 Å². The van der Waals surface area contributed by atoms with Gasteiger partial charge < -0.3 is 5.73 Å². The van der Waals surface area contributed by atoms with Crippen molar-refractivity contribution in [1.82, 2.24) is 4.31 Å². The number of nitrogens with two attached hydrogens (primary N) is 1. The largest absolute Gasteiger partial charge is 0.326 e. The first-order valence-corrected chi connectivity index (χ1v) is 7.69. The van der Waals surface area contributed by atoms with Crippen LogP contribution in [0.5, 0.6) is 0 Å². The second-order valence-electron chi connectivity index (χ2n) is 3.71. The highest BCUT2D eigenvalue weighted by Crippen LogP contribution is 2.30. The molecule has 0 aliphatic rings. The van der Waals surface area contributed by atoms with Crippen LogP contribution in [0.3, 0.4) is 0 Å². The van der Waals surface area contributed by atoms with E-state index in [1.54, 1.807) is 6.92 Å². The van der Waals surface area contributed by atoms with Gasteiger partial charge in [0.2, 0.25) is 10.0 Å². The maximum atomic E-state index is 12.4. The van der Waals surface area contributed by atoms with E-state index in [0.717, 1.165) is 4.31 Å². The van der Waals surface area contributed by atoms with Crippen LogP contribution in [0.25, 0.3) is 0 Å². The minimum atomic E-state index is -3.75. The molecule has 0 radical (unpaired) electrons. The van der Waals surface area contributed by atoms with Gasteiger partial charge in [-0.1, -0.05) is 36.0 Å². The van der Waals surface area contributed by atoms with Crippen LogP contribution in [0.2, 0.25) is 10.0 Å². The van der Waals surface area contributed by atoms with Crippen molar-refractivity contribution in [2.45, 2.75) is 18.4 Å². The highest BCUT2D eigenvalue weighted by molar-refractivity contribution is 7.89. The number of halogens is 2. The molecule has 0 aliphatic carbocycles. The summed E-state index contributed by atoms with van der Waals surface area (Å²) >= 11 is 11.9. The van der Waals surface area contributed by atoms with Gasteiger partial charge in [0, 0.05) is 18.1 Å². The fourth-order valence-corrected chi connectivity index (χ4v) is 3.74. The monoisotopic (exact) mass is 320 g/mol. The number of hydrogen-bond acceptors (Lipinski definition) is 3. The van der Waals surface area contributed by atoms with Gasteiger partial charge in [-0.25, -0.2) is 8.42 Å². The molecule has 1 aromatic rings. The lowest BCUT2D eigenvalue weighted by molar-refractivity contribution is 0.464. The second-order valence-corrected chi connectivity index (χ2v) is 6.43. The minimum Gasteiger partial charge on any atom is -0.326 e. The Morgan fingerprint density at radius 2 is 2.00 bits per heavy atom. The van der Waals surface area contributed by atoms with Crippen LogP contribution in [0.1, 0.15) is 12.5 Å². The number of nitrogens with zero attached hydrogens (tertiary/aromatic N) is 1. The van der Waals surface area contributed by atoms with Gasteiger partial charge in [-0.05, 0) is 17.7 Å². The Bertz CT molecular complexity index is 609. The zero-order valence-electron chi connectivity index (χ0n) is 10.4. The molecule has 0 saturated heterocycles. The van der Waals surface area contributed by atoms with Crippen LogP contribution in [-0.4, -0.2) is 25.8 Å². The molecule has 104 valence electrons. The first kappa shape index (κ1) is 16.3. The summed E-state index contributed by atoms with van der Waals surface area (Å²) in [6.07, 6.45) is 5.17. The average molecular weight is 321 g/mol. The average Bonchev–Trinajstić information content (AvgIpc) is 2.35. The van der Waals surface area contributed by atoms with Crippen molar-refractivity contribution in [2.75, 3.05) is 13.1 Å². The molecule has 2 N–H and O–H groups in total. The molecule has 4 nitrogen and oxygen atoms in total. The lowest BCUT2D eigenvalue weighted by Gasteiger charge is -2.19. The number of sulfonamides is 1. The summed E-state index contributed by atoms with van der Waals surface area (Å²) in [4.78, 5) is -0.0314. The molecule has 0 spiro atoms. The zero-order chi connectivity index (χ0) is 14.6. The zero-order valence-corrected chi connectivity index (χ0v) is 12.7. The van der Waals surface area contributed by atoms with Crippen molar-refractivity contribution in [3.63, 3.8) is 0 Å². The molecule has 0 aromatic heterocycles. The van der Waals surface area contributed by atoms with Gasteiger partial charge in [0.05, 0.1) is 11.6 Å². The maximum absolute atomic E-state index is 12.4. The van der Waals surface area contributed by atoms with Gasteiger partial charge in [-0.2, -0.15) is 4.31 Å². The van der Waals surface area contributed by atoms with E-state index in [9.17, 15) is 8.42 Å². The Labute approximate surface area is 123 Å². The van der Waals surface area contributed by atoms with Gasteiger partial charge >= 0.3 is 0 Å². The first-order chi connectivity index (χ1) is 8.88. The Hall–Kier alpha value is -0.770. The van der Waals surface area contributed by atoms with Crippen LogP contribution in [0, 0.1) is 12.3 Å². The van der Waals surface area contributed by atoms with E-state index < -0.39 is 10.0 Å². The van der Waals surface area contributed by atoms with Crippen molar-refractivity contribution in [2.24, 2.45) is 5.73 Å². The van der Waals surface area contributed by atoms with Crippen LogP contribution in [0.15, 0.2) is 17.0 Å². The van der Waals surface area contributed by atoms with E-state index >= 15 is 0 Å². The summed E-state index contributed by atoms with van der Waals surface area (Å²) in [6.45, 7) is 2.06. The fourth-order valence-electron chi connectivity index (χ4n) is 1.53. The van der Waals surface area contributed by atoms with Crippen LogP contribution in [0.4, 0.5) is 0 Å². The van der Waals surface area contributed by atoms with Crippen LogP contribution >= 0.6 is 23.2 Å². The van der Waals surface area contributed by atoms with E-state index in [-0.39, 0.29) is 29.6 Å². The molecular formula is C12H14Cl2N2O2S. The van der Waals surface area contributed by atoms with E-state index in [2.05, 4.69) is 5.92 Å². The van der Waals surface area contributed by atoms with E-state index in [1.165, 1.54) is 12.1 Å². The van der Waals surface area contributed by atoms with Crippen molar-refractivity contribution < 1.29 is 8.42 Å². The number of benzene rings is 1. The third-order valence-corrected chi connectivity index (χ3v) is 5.30. The second kappa shape index (κ2) is 6.60. The van der Waals surface area contributed by atoms with Crippen molar-refractivity contribution in [1.29, 1.82) is 0 Å². The Morgan fingerprint density at radius 1 is 1.37 bits per heavy atom. The number of hydrogen-bond donors (Lipinski definition) is 1. The molecule has 0 fully saturated rings. The fraction of sp³-hybridized carbons (Fsp3) is 0.333. The summed E-state index contributed by atoms with van der Waals surface area (Å²) in [7, 11) is -3.75. The first-order valence-electron chi connectivity index (χ1n) is 5.50. The third-order valence-electron chi connectivity index (χ3n) is 2.56. The highest BCUT2D eigenvalue weighted by atomic mass is 35.5. The molecule has 0 heterocycles. The van der Waals surface area contributed by atoms with Crippen molar-refractivity contribution >= 4 is 33.2 Å². The lowest BCUT2D eigenvalue weighted by atomic mass is 10.2. The van der Waals surface area contributed by atoms with Gasteiger partial charge in [-0.15, -0.1) is 6.42 Å². The quantitative estimate of drug-likeness (QED) is 0.845.